The molecule has 152 valence electrons. The SMILES string of the molecule is CCOc1ccc(CN(CCCn2ccnc2)C(=O)Nc2cccc(Br)c2)cc1. The van der Waals surface area contributed by atoms with E-state index in [1.54, 1.807) is 12.5 Å². The first-order valence-electron chi connectivity index (χ1n) is 9.63. The molecule has 29 heavy (non-hydrogen) atoms. The Labute approximate surface area is 179 Å². The van der Waals surface area contributed by atoms with Crippen molar-refractivity contribution in [2.75, 3.05) is 18.5 Å². The average molecular weight is 457 g/mol. The highest BCUT2D eigenvalue weighted by Gasteiger charge is 2.14. The van der Waals surface area contributed by atoms with Crippen LogP contribution >= 0.6 is 15.9 Å². The summed E-state index contributed by atoms with van der Waals surface area (Å²) < 4.78 is 8.44. The molecule has 3 aromatic rings. The molecule has 7 heteroatoms. The third-order valence-electron chi connectivity index (χ3n) is 4.37. The lowest BCUT2D eigenvalue weighted by Crippen LogP contribution is -2.35. The number of imidazole rings is 1. The predicted octanol–water partition coefficient (Wildman–Crippen LogP) is 5.17. The van der Waals surface area contributed by atoms with Crippen molar-refractivity contribution in [1.29, 1.82) is 0 Å². The molecule has 0 aliphatic carbocycles. The molecular weight excluding hydrogens is 432 g/mol. The fourth-order valence-electron chi connectivity index (χ4n) is 2.96. The number of anilines is 1. The lowest BCUT2D eigenvalue weighted by molar-refractivity contribution is 0.207. The van der Waals surface area contributed by atoms with Crippen molar-refractivity contribution < 1.29 is 9.53 Å². The minimum Gasteiger partial charge on any atom is -0.494 e. The molecule has 0 unspecified atom stereocenters. The van der Waals surface area contributed by atoms with Gasteiger partial charge in [-0.2, -0.15) is 0 Å². The van der Waals surface area contributed by atoms with Gasteiger partial charge in [-0.15, -0.1) is 0 Å². The summed E-state index contributed by atoms with van der Waals surface area (Å²) in [5.74, 6) is 0.835. The van der Waals surface area contributed by atoms with Crippen molar-refractivity contribution in [2.45, 2.75) is 26.4 Å². The van der Waals surface area contributed by atoms with Crippen LogP contribution < -0.4 is 10.1 Å². The number of benzene rings is 2. The van der Waals surface area contributed by atoms with Crippen LogP contribution in [0.1, 0.15) is 18.9 Å². The first-order chi connectivity index (χ1) is 14.1. The van der Waals surface area contributed by atoms with Gasteiger partial charge in [0.2, 0.25) is 0 Å². The molecule has 0 spiro atoms. The Morgan fingerprint density at radius 2 is 2.07 bits per heavy atom. The highest BCUT2D eigenvalue weighted by atomic mass is 79.9. The van der Waals surface area contributed by atoms with Crippen LogP contribution in [0.2, 0.25) is 0 Å². The fourth-order valence-corrected chi connectivity index (χ4v) is 3.36. The number of rotatable bonds is 9. The van der Waals surface area contributed by atoms with E-state index in [2.05, 4.69) is 26.2 Å². The zero-order valence-corrected chi connectivity index (χ0v) is 18.0. The molecule has 1 N–H and O–H groups in total. The monoisotopic (exact) mass is 456 g/mol. The van der Waals surface area contributed by atoms with E-state index in [0.29, 0.717) is 19.7 Å². The third-order valence-corrected chi connectivity index (χ3v) is 4.87. The van der Waals surface area contributed by atoms with Crippen molar-refractivity contribution in [2.24, 2.45) is 0 Å². The Morgan fingerprint density at radius 1 is 1.24 bits per heavy atom. The van der Waals surface area contributed by atoms with Crippen LogP contribution in [0.25, 0.3) is 0 Å². The number of halogens is 1. The van der Waals surface area contributed by atoms with Gasteiger partial charge in [0.25, 0.3) is 0 Å². The van der Waals surface area contributed by atoms with Crippen molar-refractivity contribution in [3.63, 3.8) is 0 Å². The maximum absolute atomic E-state index is 12.9. The number of nitrogens with zero attached hydrogens (tertiary/aromatic N) is 3. The topological polar surface area (TPSA) is 59.4 Å². The standard InChI is InChI=1S/C22H25BrN4O2/c1-2-29-21-9-7-18(8-10-21)16-27(13-4-12-26-14-11-24-17-26)22(28)25-20-6-3-5-19(23)15-20/h3,5-11,14-15,17H,2,4,12-13,16H2,1H3,(H,25,28). The Hall–Kier alpha value is -2.80. The summed E-state index contributed by atoms with van der Waals surface area (Å²) >= 11 is 3.44. The Balaban J connectivity index is 1.66. The zero-order valence-electron chi connectivity index (χ0n) is 16.4. The fraction of sp³-hybridized carbons (Fsp3) is 0.273. The second kappa shape index (κ2) is 10.7. The van der Waals surface area contributed by atoms with Crippen LogP contribution in [0.5, 0.6) is 5.75 Å². The first kappa shape index (κ1) is 20.9. The summed E-state index contributed by atoms with van der Waals surface area (Å²) in [5.41, 5.74) is 1.82. The van der Waals surface area contributed by atoms with Gasteiger partial charge in [-0.3, -0.25) is 0 Å². The van der Waals surface area contributed by atoms with Gasteiger partial charge in [-0.05, 0) is 49.2 Å². The number of ether oxygens (including phenoxy) is 1. The Bertz CT molecular complexity index is 897. The highest BCUT2D eigenvalue weighted by molar-refractivity contribution is 9.10. The molecule has 0 radical (unpaired) electrons. The van der Waals surface area contributed by atoms with Gasteiger partial charge < -0.3 is 19.5 Å². The van der Waals surface area contributed by atoms with E-state index in [9.17, 15) is 4.79 Å². The third kappa shape index (κ3) is 6.64. The predicted molar refractivity (Wildman–Crippen MR) is 118 cm³/mol. The first-order valence-corrected chi connectivity index (χ1v) is 10.4. The molecule has 1 heterocycles. The molecule has 0 atom stereocenters. The average Bonchev–Trinajstić information content (AvgIpc) is 3.22. The molecule has 6 nitrogen and oxygen atoms in total. The number of aryl methyl sites for hydroxylation is 1. The van der Waals surface area contributed by atoms with Gasteiger partial charge in [-0.1, -0.05) is 34.1 Å². The van der Waals surface area contributed by atoms with Crippen LogP contribution in [-0.4, -0.2) is 33.6 Å². The molecule has 3 rings (SSSR count). The molecular formula is C22H25BrN4O2. The lowest BCUT2D eigenvalue weighted by Gasteiger charge is -2.23. The van der Waals surface area contributed by atoms with Gasteiger partial charge in [-0.25, -0.2) is 9.78 Å². The molecule has 0 aliphatic rings. The molecule has 0 saturated carbocycles. The van der Waals surface area contributed by atoms with Crippen LogP contribution in [-0.2, 0) is 13.1 Å². The summed E-state index contributed by atoms with van der Waals surface area (Å²) in [6.45, 7) is 4.56. The lowest BCUT2D eigenvalue weighted by atomic mass is 10.2. The number of aromatic nitrogens is 2. The van der Waals surface area contributed by atoms with Crippen molar-refractivity contribution in [3.8, 4) is 5.75 Å². The molecule has 2 amide bonds. The quantitative estimate of drug-likeness (QED) is 0.483. The van der Waals surface area contributed by atoms with Crippen LogP contribution in [0, 0.1) is 0 Å². The van der Waals surface area contributed by atoms with Gasteiger partial charge in [0.05, 0.1) is 12.9 Å². The summed E-state index contributed by atoms with van der Waals surface area (Å²) in [6.07, 6.45) is 6.31. The molecule has 0 aliphatic heterocycles. The van der Waals surface area contributed by atoms with Gasteiger partial charge in [0.15, 0.2) is 0 Å². The normalized spacial score (nSPS) is 10.6. The number of carbonyl (C=O) groups is 1. The van der Waals surface area contributed by atoms with E-state index in [1.165, 1.54) is 0 Å². The van der Waals surface area contributed by atoms with E-state index in [-0.39, 0.29) is 6.03 Å². The number of urea groups is 1. The van der Waals surface area contributed by atoms with Crippen molar-refractivity contribution in [1.82, 2.24) is 14.5 Å². The van der Waals surface area contributed by atoms with Gasteiger partial charge in [0, 0.05) is 42.2 Å². The maximum Gasteiger partial charge on any atom is 0.322 e. The van der Waals surface area contributed by atoms with E-state index in [4.69, 9.17) is 4.74 Å². The van der Waals surface area contributed by atoms with E-state index >= 15 is 0 Å². The van der Waals surface area contributed by atoms with E-state index < -0.39 is 0 Å². The molecule has 0 bridgehead atoms. The number of hydrogen-bond donors (Lipinski definition) is 1. The highest BCUT2D eigenvalue weighted by Crippen LogP contribution is 2.18. The summed E-state index contributed by atoms with van der Waals surface area (Å²) in [5, 5.41) is 2.99. The van der Waals surface area contributed by atoms with Crippen molar-refractivity contribution in [3.05, 3.63) is 77.3 Å². The number of carbonyl (C=O) groups excluding carboxylic acids is 1. The van der Waals surface area contributed by atoms with Crippen molar-refractivity contribution >= 4 is 27.6 Å². The molecule has 0 fully saturated rings. The summed E-state index contributed by atoms with van der Waals surface area (Å²) in [7, 11) is 0. The minimum absolute atomic E-state index is 0.123. The van der Waals surface area contributed by atoms with E-state index in [0.717, 1.165) is 34.4 Å². The molecule has 2 aromatic carbocycles. The van der Waals surface area contributed by atoms with Crippen LogP contribution in [0.15, 0.2) is 71.7 Å². The second-order valence-corrected chi connectivity index (χ2v) is 7.51. The van der Waals surface area contributed by atoms with Gasteiger partial charge >= 0.3 is 6.03 Å². The van der Waals surface area contributed by atoms with Crippen LogP contribution in [0.3, 0.4) is 0 Å². The second-order valence-electron chi connectivity index (χ2n) is 6.59. The number of amides is 2. The zero-order chi connectivity index (χ0) is 20.5. The largest absolute Gasteiger partial charge is 0.494 e. The summed E-state index contributed by atoms with van der Waals surface area (Å²) in [6, 6.07) is 15.3. The molecule has 0 saturated heterocycles. The number of hydrogen-bond acceptors (Lipinski definition) is 3. The molecule has 1 aromatic heterocycles. The number of nitrogens with one attached hydrogen (secondary N) is 1. The van der Waals surface area contributed by atoms with Crippen LogP contribution in [0.4, 0.5) is 10.5 Å². The van der Waals surface area contributed by atoms with Gasteiger partial charge in [0.1, 0.15) is 5.75 Å². The smallest absolute Gasteiger partial charge is 0.322 e. The Morgan fingerprint density at radius 3 is 2.76 bits per heavy atom. The summed E-state index contributed by atoms with van der Waals surface area (Å²) in [4.78, 5) is 18.8. The Kier molecular flexibility index (Phi) is 7.69. The van der Waals surface area contributed by atoms with E-state index in [1.807, 2.05) is 71.1 Å². The minimum atomic E-state index is -0.123. The maximum atomic E-state index is 12.9.